The molecular weight excluding hydrogens is 305 g/mol. The third-order valence-electron chi connectivity index (χ3n) is 4.28. The van der Waals surface area contributed by atoms with Crippen molar-refractivity contribution in [2.45, 2.75) is 32.6 Å². The van der Waals surface area contributed by atoms with Gasteiger partial charge in [-0.2, -0.15) is 5.10 Å². The van der Waals surface area contributed by atoms with Gasteiger partial charge in [-0.3, -0.25) is 4.98 Å². The Hall–Kier alpha value is -2.76. The second-order valence-electron chi connectivity index (χ2n) is 6.15. The molecular formula is C18H20FN5. The average molecular weight is 325 g/mol. The van der Waals surface area contributed by atoms with Gasteiger partial charge in [0.15, 0.2) is 0 Å². The first-order chi connectivity index (χ1) is 11.5. The molecule has 6 heteroatoms. The molecule has 1 atom stereocenters. The highest BCUT2D eigenvalue weighted by atomic mass is 19.1. The van der Waals surface area contributed by atoms with Crippen LogP contribution in [-0.4, -0.2) is 16.7 Å². The van der Waals surface area contributed by atoms with E-state index in [1.54, 1.807) is 12.3 Å². The molecule has 1 aliphatic carbocycles. The van der Waals surface area contributed by atoms with E-state index in [9.17, 15) is 4.39 Å². The van der Waals surface area contributed by atoms with Crippen molar-refractivity contribution in [2.75, 3.05) is 0 Å². The normalized spacial score (nSPS) is 18.3. The van der Waals surface area contributed by atoms with Crippen LogP contribution < -0.4 is 11.5 Å². The molecule has 1 unspecified atom stereocenters. The standard InChI is InChI=1S/C18H20FN5/c1-10-3-4-14(19)13(7-10)12-8-15-17(11(2)5-6-22-15)16(9-12)23-24-18(20)21/h3-7,12H,8-9H2,1-2H3,(H4,20,21,24)/b23-16-. The molecule has 0 saturated carbocycles. The zero-order valence-electron chi connectivity index (χ0n) is 13.8. The first-order valence-corrected chi connectivity index (χ1v) is 7.82. The molecule has 1 aliphatic rings. The quantitative estimate of drug-likeness (QED) is 0.505. The van der Waals surface area contributed by atoms with E-state index in [-0.39, 0.29) is 17.7 Å². The molecule has 1 aromatic carbocycles. The molecule has 5 nitrogen and oxygen atoms in total. The predicted octanol–water partition coefficient (Wildman–Crippen LogP) is 2.55. The molecule has 1 aromatic heterocycles. The second kappa shape index (κ2) is 6.39. The van der Waals surface area contributed by atoms with Gasteiger partial charge in [0.25, 0.3) is 0 Å². The molecule has 2 aromatic rings. The largest absolute Gasteiger partial charge is 0.369 e. The lowest BCUT2D eigenvalue weighted by Gasteiger charge is -2.26. The monoisotopic (exact) mass is 325 g/mol. The van der Waals surface area contributed by atoms with Crippen molar-refractivity contribution in [3.8, 4) is 0 Å². The number of fused-ring (bicyclic) bond motifs is 1. The third kappa shape index (κ3) is 3.13. The maximum Gasteiger partial charge on any atom is 0.211 e. The van der Waals surface area contributed by atoms with Gasteiger partial charge in [-0.25, -0.2) is 4.39 Å². The summed E-state index contributed by atoms with van der Waals surface area (Å²) in [7, 11) is 0. The third-order valence-corrected chi connectivity index (χ3v) is 4.28. The number of pyridine rings is 1. The average Bonchev–Trinajstić information content (AvgIpc) is 2.54. The molecule has 1 heterocycles. The molecule has 124 valence electrons. The molecule has 0 radical (unpaired) electrons. The topological polar surface area (TPSA) is 89.6 Å². The van der Waals surface area contributed by atoms with Gasteiger partial charge in [0, 0.05) is 11.8 Å². The summed E-state index contributed by atoms with van der Waals surface area (Å²) >= 11 is 0. The molecule has 0 fully saturated rings. The minimum Gasteiger partial charge on any atom is -0.369 e. The van der Waals surface area contributed by atoms with Crippen LogP contribution in [0.3, 0.4) is 0 Å². The molecule has 0 bridgehead atoms. The minimum absolute atomic E-state index is 0.0420. The van der Waals surface area contributed by atoms with E-state index >= 15 is 0 Å². The van der Waals surface area contributed by atoms with Gasteiger partial charge in [0.2, 0.25) is 5.96 Å². The molecule has 3 rings (SSSR count). The van der Waals surface area contributed by atoms with Crippen LogP contribution in [-0.2, 0) is 6.42 Å². The van der Waals surface area contributed by atoms with E-state index in [0.29, 0.717) is 18.4 Å². The van der Waals surface area contributed by atoms with Crippen molar-refractivity contribution in [3.63, 3.8) is 0 Å². The van der Waals surface area contributed by atoms with E-state index in [2.05, 4.69) is 15.2 Å². The molecule has 0 aliphatic heterocycles. The first-order valence-electron chi connectivity index (χ1n) is 7.82. The molecule has 0 amide bonds. The summed E-state index contributed by atoms with van der Waals surface area (Å²) in [4.78, 5) is 4.47. The number of nitrogens with zero attached hydrogens (tertiary/aromatic N) is 3. The highest BCUT2D eigenvalue weighted by Crippen LogP contribution is 2.35. The highest BCUT2D eigenvalue weighted by molar-refractivity contribution is 6.04. The van der Waals surface area contributed by atoms with Crippen molar-refractivity contribution in [1.29, 1.82) is 0 Å². The zero-order chi connectivity index (χ0) is 17.3. The summed E-state index contributed by atoms with van der Waals surface area (Å²) in [5, 5.41) is 8.00. The number of aromatic nitrogens is 1. The summed E-state index contributed by atoms with van der Waals surface area (Å²) in [6, 6.07) is 7.10. The Morgan fingerprint density at radius 3 is 2.75 bits per heavy atom. The highest BCUT2D eigenvalue weighted by Gasteiger charge is 2.29. The Morgan fingerprint density at radius 1 is 1.21 bits per heavy atom. The minimum atomic E-state index is -0.206. The smallest absolute Gasteiger partial charge is 0.211 e. The fraction of sp³-hybridized carbons (Fsp3) is 0.278. The number of halogens is 1. The Balaban J connectivity index is 2.10. The predicted molar refractivity (Wildman–Crippen MR) is 93.5 cm³/mol. The summed E-state index contributed by atoms with van der Waals surface area (Å²) in [5.41, 5.74) is 16.2. The summed E-state index contributed by atoms with van der Waals surface area (Å²) in [5.74, 6) is -0.350. The lowest BCUT2D eigenvalue weighted by atomic mass is 9.79. The van der Waals surface area contributed by atoms with Crippen LogP contribution >= 0.6 is 0 Å². The lowest BCUT2D eigenvalue weighted by molar-refractivity contribution is 0.571. The van der Waals surface area contributed by atoms with E-state index in [4.69, 9.17) is 11.5 Å². The van der Waals surface area contributed by atoms with Gasteiger partial charge in [-0.15, -0.1) is 5.10 Å². The summed E-state index contributed by atoms with van der Waals surface area (Å²) < 4.78 is 14.3. The fourth-order valence-electron chi connectivity index (χ4n) is 3.21. The first kappa shape index (κ1) is 16.1. The van der Waals surface area contributed by atoms with Crippen molar-refractivity contribution in [2.24, 2.45) is 21.7 Å². The lowest BCUT2D eigenvalue weighted by Crippen LogP contribution is -2.24. The summed E-state index contributed by atoms with van der Waals surface area (Å²) in [6.07, 6.45) is 3.00. The Labute approximate surface area is 140 Å². The molecule has 0 spiro atoms. The van der Waals surface area contributed by atoms with E-state index in [1.165, 1.54) is 6.07 Å². The van der Waals surface area contributed by atoms with E-state index in [1.807, 2.05) is 26.0 Å². The van der Waals surface area contributed by atoms with Gasteiger partial charge in [0.1, 0.15) is 5.82 Å². The Bertz CT molecular complexity index is 837. The maximum absolute atomic E-state index is 14.3. The summed E-state index contributed by atoms with van der Waals surface area (Å²) in [6.45, 7) is 3.95. The number of nitrogens with two attached hydrogens (primary N) is 2. The van der Waals surface area contributed by atoms with Crippen LogP contribution in [0, 0.1) is 19.7 Å². The number of rotatable bonds is 2. The van der Waals surface area contributed by atoms with Crippen molar-refractivity contribution < 1.29 is 4.39 Å². The number of hydrogen-bond acceptors (Lipinski definition) is 3. The van der Waals surface area contributed by atoms with Gasteiger partial charge in [0.05, 0.1) is 11.4 Å². The second-order valence-corrected chi connectivity index (χ2v) is 6.15. The van der Waals surface area contributed by atoms with Gasteiger partial charge < -0.3 is 11.5 Å². The van der Waals surface area contributed by atoms with Crippen LogP contribution in [0.2, 0.25) is 0 Å². The number of aryl methyl sites for hydroxylation is 2. The maximum atomic E-state index is 14.3. The number of guanidine groups is 1. The van der Waals surface area contributed by atoms with Crippen molar-refractivity contribution in [1.82, 2.24) is 4.98 Å². The van der Waals surface area contributed by atoms with Gasteiger partial charge in [-0.05, 0) is 55.9 Å². The fourth-order valence-corrected chi connectivity index (χ4v) is 3.21. The molecule has 4 N–H and O–H groups in total. The zero-order valence-corrected chi connectivity index (χ0v) is 13.8. The van der Waals surface area contributed by atoms with Gasteiger partial charge in [-0.1, -0.05) is 17.7 Å². The number of hydrogen-bond donors (Lipinski definition) is 2. The Kier molecular flexibility index (Phi) is 4.29. The van der Waals surface area contributed by atoms with Crippen LogP contribution in [0.1, 0.15) is 40.3 Å². The van der Waals surface area contributed by atoms with Crippen molar-refractivity contribution >= 4 is 11.7 Å². The van der Waals surface area contributed by atoms with E-state index in [0.717, 1.165) is 28.1 Å². The molecule has 24 heavy (non-hydrogen) atoms. The van der Waals surface area contributed by atoms with Crippen LogP contribution in [0.15, 0.2) is 40.7 Å². The van der Waals surface area contributed by atoms with Gasteiger partial charge >= 0.3 is 0 Å². The van der Waals surface area contributed by atoms with E-state index < -0.39 is 0 Å². The van der Waals surface area contributed by atoms with Crippen LogP contribution in [0.5, 0.6) is 0 Å². The van der Waals surface area contributed by atoms with Crippen molar-refractivity contribution in [3.05, 3.63) is 64.2 Å². The number of benzene rings is 1. The SMILES string of the molecule is Cc1ccc(F)c(C2C/C(=N/N=C(N)N)c3c(C)ccnc3C2)c1. The van der Waals surface area contributed by atoms with Crippen LogP contribution in [0.4, 0.5) is 4.39 Å². The molecule has 0 saturated heterocycles. The van der Waals surface area contributed by atoms with Crippen LogP contribution in [0.25, 0.3) is 0 Å². The Morgan fingerprint density at radius 2 is 2.00 bits per heavy atom.